The first-order chi connectivity index (χ1) is 12.0. The summed E-state index contributed by atoms with van der Waals surface area (Å²) in [6.07, 6.45) is 1.58. The van der Waals surface area contributed by atoms with Crippen molar-refractivity contribution in [3.8, 4) is 5.75 Å². The van der Waals surface area contributed by atoms with Gasteiger partial charge in [-0.05, 0) is 45.8 Å². The second-order valence-corrected chi connectivity index (χ2v) is 6.57. The number of nitrogens with zero attached hydrogens (tertiary/aromatic N) is 1. The third-order valence-electron chi connectivity index (χ3n) is 5.04. The number of hydrogen-bond acceptors (Lipinski definition) is 4. The van der Waals surface area contributed by atoms with Gasteiger partial charge >= 0.3 is 0 Å². The lowest BCUT2D eigenvalue weighted by atomic mass is 9.95. The number of benzene rings is 1. The summed E-state index contributed by atoms with van der Waals surface area (Å²) in [6, 6.07) is 7.36. The fraction of sp³-hybridized carbons (Fsp3) is 0.579. The molecule has 0 aliphatic carbocycles. The van der Waals surface area contributed by atoms with Crippen LogP contribution in [0.25, 0.3) is 0 Å². The molecule has 1 aliphatic rings. The monoisotopic (exact) mass is 347 g/mol. The normalized spacial score (nSPS) is 18.2. The van der Waals surface area contributed by atoms with Crippen LogP contribution in [-0.2, 0) is 9.59 Å². The number of carbonyl (C=O) groups excluding carboxylic acids is 2. The van der Waals surface area contributed by atoms with Crippen molar-refractivity contribution >= 4 is 11.8 Å². The number of rotatable bonds is 6. The zero-order valence-electron chi connectivity index (χ0n) is 15.5. The predicted octanol–water partition coefficient (Wildman–Crippen LogP) is 1.72. The van der Waals surface area contributed by atoms with Crippen molar-refractivity contribution in [3.05, 3.63) is 29.8 Å². The number of hydrogen-bond donors (Lipinski definition) is 2. The number of piperidine rings is 1. The molecule has 1 aromatic carbocycles. The number of methoxy groups -OCH3 is 1. The minimum atomic E-state index is -0.220. The molecule has 1 saturated heterocycles. The van der Waals surface area contributed by atoms with Gasteiger partial charge in [0.2, 0.25) is 11.8 Å². The lowest BCUT2D eigenvalue weighted by Gasteiger charge is -2.35. The molecule has 1 heterocycles. The van der Waals surface area contributed by atoms with E-state index >= 15 is 0 Å². The number of carbonyl (C=O) groups is 2. The maximum atomic E-state index is 12.6. The fourth-order valence-electron chi connectivity index (χ4n) is 3.35. The highest BCUT2D eigenvalue weighted by Crippen LogP contribution is 2.25. The first-order valence-corrected chi connectivity index (χ1v) is 8.86. The molecule has 0 radical (unpaired) electrons. The largest absolute Gasteiger partial charge is 0.496 e. The number of likely N-dealkylation sites (tertiary alicyclic amines) is 1. The van der Waals surface area contributed by atoms with Gasteiger partial charge in [-0.3, -0.25) is 14.5 Å². The Hall–Kier alpha value is -2.08. The number of para-hydroxylation sites is 1. The summed E-state index contributed by atoms with van der Waals surface area (Å²) in [7, 11) is 3.30. The quantitative estimate of drug-likeness (QED) is 0.822. The maximum absolute atomic E-state index is 12.6. The van der Waals surface area contributed by atoms with E-state index in [4.69, 9.17) is 4.74 Å². The van der Waals surface area contributed by atoms with Crippen molar-refractivity contribution < 1.29 is 14.3 Å². The summed E-state index contributed by atoms with van der Waals surface area (Å²) in [6.45, 7) is 5.40. The number of nitrogens with one attached hydrogen (secondary N) is 2. The van der Waals surface area contributed by atoms with Gasteiger partial charge in [0.15, 0.2) is 0 Å². The van der Waals surface area contributed by atoms with Crippen LogP contribution in [0.5, 0.6) is 5.75 Å². The minimum Gasteiger partial charge on any atom is -0.496 e. The molecular formula is C19H29N3O3. The highest BCUT2D eigenvalue weighted by molar-refractivity contribution is 5.82. The second-order valence-electron chi connectivity index (χ2n) is 6.57. The molecule has 1 fully saturated rings. The van der Waals surface area contributed by atoms with Gasteiger partial charge in [0.25, 0.3) is 0 Å². The third-order valence-corrected chi connectivity index (χ3v) is 5.04. The van der Waals surface area contributed by atoms with Crippen molar-refractivity contribution in [2.45, 2.75) is 38.8 Å². The lowest BCUT2D eigenvalue weighted by molar-refractivity contribution is -0.128. The van der Waals surface area contributed by atoms with Gasteiger partial charge in [0.1, 0.15) is 5.75 Å². The van der Waals surface area contributed by atoms with Crippen LogP contribution in [0.4, 0.5) is 0 Å². The molecular weight excluding hydrogens is 318 g/mol. The Kier molecular flexibility index (Phi) is 6.82. The van der Waals surface area contributed by atoms with Crippen LogP contribution in [-0.4, -0.2) is 50.0 Å². The highest BCUT2D eigenvalue weighted by atomic mass is 16.5. The Morgan fingerprint density at radius 2 is 1.84 bits per heavy atom. The summed E-state index contributed by atoms with van der Waals surface area (Å²) in [5.74, 6) is 0.928. The van der Waals surface area contributed by atoms with E-state index in [1.165, 1.54) is 0 Å². The van der Waals surface area contributed by atoms with Crippen molar-refractivity contribution in [2.24, 2.45) is 5.92 Å². The number of ether oxygens (including phenoxy) is 1. The highest BCUT2D eigenvalue weighted by Gasteiger charge is 2.30. The van der Waals surface area contributed by atoms with Gasteiger partial charge in [-0.1, -0.05) is 18.2 Å². The van der Waals surface area contributed by atoms with Crippen molar-refractivity contribution in [3.63, 3.8) is 0 Å². The molecule has 0 bridgehead atoms. The van der Waals surface area contributed by atoms with Crippen LogP contribution >= 0.6 is 0 Å². The van der Waals surface area contributed by atoms with E-state index in [1.54, 1.807) is 14.2 Å². The minimum absolute atomic E-state index is 0.00296. The molecule has 1 aromatic rings. The van der Waals surface area contributed by atoms with Gasteiger partial charge in [0, 0.05) is 18.5 Å². The zero-order valence-corrected chi connectivity index (χ0v) is 15.5. The van der Waals surface area contributed by atoms with E-state index < -0.39 is 0 Å². The molecule has 1 aliphatic heterocycles. The van der Waals surface area contributed by atoms with Crippen molar-refractivity contribution in [1.82, 2.24) is 15.5 Å². The standard InChI is InChI=1S/C19H29N3O3/c1-13(16-7-5-6-8-17(16)25-4)21-18(23)14(2)22-11-9-15(10-12-22)19(24)20-3/h5-8,13-15H,9-12H2,1-4H3,(H,20,24)(H,21,23). The summed E-state index contributed by atoms with van der Waals surface area (Å²) >= 11 is 0. The van der Waals surface area contributed by atoms with Crippen LogP contribution in [0, 0.1) is 5.92 Å². The van der Waals surface area contributed by atoms with Crippen molar-refractivity contribution in [2.75, 3.05) is 27.2 Å². The van der Waals surface area contributed by atoms with Crippen LogP contribution in [0.3, 0.4) is 0 Å². The average Bonchev–Trinajstić information content (AvgIpc) is 2.66. The molecule has 6 nitrogen and oxygen atoms in total. The molecule has 6 heteroatoms. The fourth-order valence-corrected chi connectivity index (χ4v) is 3.35. The molecule has 2 rings (SSSR count). The molecule has 2 unspecified atom stereocenters. The van der Waals surface area contributed by atoms with Crippen LogP contribution in [0.15, 0.2) is 24.3 Å². The van der Waals surface area contributed by atoms with Gasteiger partial charge in [-0.25, -0.2) is 0 Å². The van der Waals surface area contributed by atoms with Gasteiger partial charge in [-0.2, -0.15) is 0 Å². The van der Waals surface area contributed by atoms with E-state index in [1.807, 2.05) is 38.1 Å². The lowest BCUT2D eigenvalue weighted by Crippen LogP contribution is -2.50. The summed E-state index contributed by atoms with van der Waals surface area (Å²) in [5.41, 5.74) is 0.962. The molecule has 0 spiro atoms. The Morgan fingerprint density at radius 1 is 1.20 bits per heavy atom. The zero-order chi connectivity index (χ0) is 18.4. The third kappa shape index (κ3) is 4.72. The average molecular weight is 347 g/mol. The van der Waals surface area contributed by atoms with Crippen LogP contribution < -0.4 is 15.4 Å². The Bertz CT molecular complexity index is 597. The van der Waals surface area contributed by atoms with E-state index in [2.05, 4.69) is 15.5 Å². The summed E-state index contributed by atoms with van der Waals surface area (Å²) in [4.78, 5) is 26.5. The molecule has 2 N–H and O–H groups in total. The van der Waals surface area contributed by atoms with Crippen LogP contribution in [0.2, 0.25) is 0 Å². The van der Waals surface area contributed by atoms with Crippen molar-refractivity contribution in [1.29, 1.82) is 0 Å². The summed E-state index contributed by atoms with van der Waals surface area (Å²) in [5, 5.41) is 5.78. The number of amides is 2. The smallest absolute Gasteiger partial charge is 0.237 e. The Labute approximate surface area is 149 Å². The van der Waals surface area contributed by atoms with Gasteiger partial charge in [-0.15, -0.1) is 0 Å². The van der Waals surface area contributed by atoms with Gasteiger partial charge < -0.3 is 15.4 Å². The molecule has 138 valence electrons. The summed E-state index contributed by atoms with van der Waals surface area (Å²) < 4.78 is 5.37. The SMILES string of the molecule is CNC(=O)C1CCN(C(C)C(=O)NC(C)c2ccccc2OC)CC1. The topological polar surface area (TPSA) is 70.7 Å². The van der Waals surface area contributed by atoms with E-state index in [-0.39, 0.29) is 29.8 Å². The molecule has 2 amide bonds. The molecule has 2 atom stereocenters. The van der Waals surface area contributed by atoms with E-state index in [9.17, 15) is 9.59 Å². The molecule has 0 aromatic heterocycles. The maximum Gasteiger partial charge on any atom is 0.237 e. The predicted molar refractivity (Wildman–Crippen MR) is 97.4 cm³/mol. The molecule has 0 saturated carbocycles. The Balaban J connectivity index is 1.91. The molecule has 25 heavy (non-hydrogen) atoms. The van der Waals surface area contributed by atoms with Gasteiger partial charge in [0.05, 0.1) is 19.2 Å². The van der Waals surface area contributed by atoms with E-state index in [0.717, 1.165) is 37.2 Å². The first-order valence-electron chi connectivity index (χ1n) is 8.86. The second kappa shape index (κ2) is 8.85. The van der Waals surface area contributed by atoms with E-state index in [0.29, 0.717) is 0 Å². The Morgan fingerprint density at radius 3 is 2.44 bits per heavy atom. The van der Waals surface area contributed by atoms with Crippen LogP contribution in [0.1, 0.15) is 38.3 Å². The first kappa shape index (κ1) is 19.2.